The maximum absolute atomic E-state index is 10.5. The first-order valence-corrected chi connectivity index (χ1v) is 4.24. The first kappa shape index (κ1) is 8.74. The summed E-state index contributed by atoms with van der Waals surface area (Å²) in [4.78, 5) is 14.7. The number of hydrogen-bond donors (Lipinski definition) is 2. The third-order valence-corrected chi connectivity index (χ3v) is 2.17. The van der Waals surface area contributed by atoms with Crippen LogP contribution in [-0.2, 0) is 4.79 Å². The zero-order valence-electron chi connectivity index (χ0n) is 7.40. The molecule has 1 aliphatic heterocycles. The lowest BCUT2D eigenvalue weighted by Gasteiger charge is -1.95. The standard InChI is InChI=1S/C10H9NO3/c12-7-1-2-9-8(4-7)6(5-11-9)3-10(13)14/h1-2,4,12H,3,5H2,(H,13,14). The average Bonchev–Trinajstić information content (AvgIpc) is 2.47. The summed E-state index contributed by atoms with van der Waals surface area (Å²) < 4.78 is 0. The summed E-state index contributed by atoms with van der Waals surface area (Å²) in [6.07, 6.45) is -0.0139. The normalized spacial score (nSPS) is 13.6. The predicted molar refractivity (Wildman–Crippen MR) is 49.4 cm³/mol. The molecule has 0 radical (unpaired) electrons. The van der Waals surface area contributed by atoms with E-state index in [0.717, 1.165) is 16.1 Å². The molecule has 1 aliphatic rings. The highest BCUT2D eigenvalue weighted by Crippen LogP contribution is 2.06. The summed E-state index contributed by atoms with van der Waals surface area (Å²) in [6, 6.07) is 4.80. The van der Waals surface area contributed by atoms with Crippen molar-refractivity contribution < 1.29 is 15.0 Å². The monoisotopic (exact) mass is 191 g/mol. The van der Waals surface area contributed by atoms with Crippen molar-refractivity contribution in [2.45, 2.75) is 6.42 Å². The van der Waals surface area contributed by atoms with E-state index in [1.54, 1.807) is 18.2 Å². The van der Waals surface area contributed by atoms with E-state index in [2.05, 4.69) is 4.99 Å². The van der Waals surface area contributed by atoms with E-state index in [0.29, 0.717) is 6.54 Å². The van der Waals surface area contributed by atoms with Gasteiger partial charge in [0.2, 0.25) is 0 Å². The van der Waals surface area contributed by atoms with E-state index >= 15 is 0 Å². The van der Waals surface area contributed by atoms with Crippen molar-refractivity contribution >= 4 is 11.5 Å². The van der Waals surface area contributed by atoms with Crippen molar-refractivity contribution in [3.05, 3.63) is 28.8 Å². The van der Waals surface area contributed by atoms with Gasteiger partial charge < -0.3 is 10.2 Å². The van der Waals surface area contributed by atoms with Gasteiger partial charge in [-0.05, 0) is 23.8 Å². The van der Waals surface area contributed by atoms with Crippen molar-refractivity contribution in [3.8, 4) is 5.75 Å². The fourth-order valence-electron chi connectivity index (χ4n) is 1.54. The first-order valence-electron chi connectivity index (χ1n) is 4.24. The Morgan fingerprint density at radius 3 is 3.00 bits per heavy atom. The number of aromatic hydroxyl groups is 1. The molecular formula is C10H9NO3. The zero-order chi connectivity index (χ0) is 10.1. The maximum atomic E-state index is 10.5. The SMILES string of the molecule is O=C(O)CC1=c2cc(O)ccc2=NC1. The van der Waals surface area contributed by atoms with Gasteiger partial charge in [0.1, 0.15) is 5.75 Å². The summed E-state index contributed by atoms with van der Waals surface area (Å²) in [6.45, 7) is 0.422. The highest BCUT2D eigenvalue weighted by Gasteiger charge is 2.10. The van der Waals surface area contributed by atoms with Crippen LogP contribution < -0.4 is 10.6 Å². The summed E-state index contributed by atoms with van der Waals surface area (Å²) in [5.74, 6) is -0.727. The molecule has 2 rings (SSSR count). The van der Waals surface area contributed by atoms with Crippen LogP contribution in [0, 0.1) is 0 Å². The molecule has 0 amide bonds. The number of aliphatic carboxylic acids is 1. The van der Waals surface area contributed by atoms with Crippen LogP contribution in [0.25, 0.3) is 5.57 Å². The van der Waals surface area contributed by atoms with Crippen LogP contribution in [0.1, 0.15) is 6.42 Å². The number of carbonyl (C=O) groups is 1. The molecule has 72 valence electrons. The van der Waals surface area contributed by atoms with Gasteiger partial charge in [0.25, 0.3) is 0 Å². The van der Waals surface area contributed by atoms with Gasteiger partial charge in [0.15, 0.2) is 0 Å². The summed E-state index contributed by atoms with van der Waals surface area (Å²) in [7, 11) is 0. The number of fused-ring (bicyclic) bond motifs is 1. The predicted octanol–water partition coefficient (Wildman–Crippen LogP) is -0.349. The van der Waals surface area contributed by atoms with Gasteiger partial charge in [-0.3, -0.25) is 9.79 Å². The van der Waals surface area contributed by atoms with Gasteiger partial charge in [0.05, 0.1) is 18.3 Å². The molecule has 0 aliphatic carbocycles. The van der Waals surface area contributed by atoms with Crippen LogP contribution in [0.3, 0.4) is 0 Å². The summed E-state index contributed by atoms with van der Waals surface area (Å²) in [5, 5.41) is 19.4. The fraction of sp³-hybridized carbons (Fsp3) is 0.200. The highest BCUT2D eigenvalue weighted by molar-refractivity contribution is 5.78. The molecule has 1 aromatic rings. The Hall–Kier alpha value is -1.84. The Kier molecular flexibility index (Phi) is 1.96. The third-order valence-electron chi connectivity index (χ3n) is 2.17. The van der Waals surface area contributed by atoms with Crippen molar-refractivity contribution in [2.75, 3.05) is 6.54 Å². The van der Waals surface area contributed by atoms with Gasteiger partial charge in [0, 0.05) is 5.22 Å². The van der Waals surface area contributed by atoms with Gasteiger partial charge in [-0.2, -0.15) is 0 Å². The van der Waals surface area contributed by atoms with Gasteiger partial charge in [-0.25, -0.2) is 0 Å². The maximum Gasteiger partial charge on any atom is 0.307 e. The second-order valence-corrected chi connectivity index (χ2v) is 3.19. The van der Waals surface area contributed by atoms with Gasteiger partial charge in [-0.15, -0.1) is 0 Å². The topological polar surface area (TPSA) is 69.9 Å². The van der Waals surface area contributed by atoms with E-state index in [9.17, 15) is 9.90 Å². The Bertz CT molecular complexity index is 505. The number of carboxylic acid groups (broad SMARTS) is 1. The Balaban J connectivity index is 2.58. The van der Waals surface area contributed by atoms with Crippen molar-refractivity contribution in [1.82, 2.24) is 0 Å². The van der Waals surface area contributed by atoms with E-state index in [-0.39, 0.29) is 12.2 Å². The summed E-state index contributed by atoms with van der Waals surface area (Å²) in [5.41, 5.74) is 0.753. The Morgan fingerprint density at radius 2 is 2.29 bits per heavy atom. The van der Waals surface area contributed by atoms with E-state index < -0.39 is 5.97 Å². The van der Waals surface area contributed by atoms with Gasteiger partial charge >= 0.3 is 5.97 Å². The van der Waals surface area contributed by atoms with E-state index in [1.807, 2.05) is 0 Å². The Labute approximate surface area is 79.8 Å². The number of nitrogens with zero attached hydrogens (tertiary/aromatic N) is 1. The number of benzene rings is 1. The Morgan fingerprint density at radius 1 is 1.50 bits per heavy atom. The molecule has 14 heavy (non-hydrogen) atoms. The second kappa shape index (κ2) is 3.14. The molecule has 1 heterocycles. The van der Waals surface area contributed by atoms with Crippen molar-refractivity contribution in [2.24, 2.45) is 4.99 Å². The highest BCUT2D eigenvalue weighted by atomic mass is 16.4. The largest absolute Gasteiger partial charge is 0.508 e. The quantitative estimate of drug-likeness (QED) is 0.671. The molecule has 0 saturated carbocycles. The molecule has 4 nitrogen and oxygen atoms in total. The average molecular weight is 191 g/mol. The molecule has 2 N–H and O–H groups in total. The van der Waals surface area contributed by atoms with Crippen LogP contribution >= 0.6 is 0 Å². The number of hydrogen-bond acceptors (Lipinski definition) is 3. The van der Waals surface area contributed by atoms with Crippen LogP contribution in [0.2, 0.25) is 0 Å². The minimum absolute atomic E-state index is 0.0139. The smallest absolute Gasteiger partial charge is 0.307 e. The first-order chi connectivity index (χ1) is 6.66. The molecular weight excluding hydrogens is 182 g/mol. The van der Waals surface area contributed by atoms with Crippen molar-refractivity contribution in [1.29, 1.82) is 0 Å². The van der Waals surface area contributed by atoms with E-state index in [4.69, 9.17) is 5.11 Å². The van der Waals surface area contributed by atoms with Crippen LogP contribution in [-0.4, -0.2) is 22.7 Å². The number of phenols is 1. The molecule has 0 saturated heterocycles. The van der Waals surface area contributed by atoms with Crippen LogP contribution in [0.15, 0.2) is 23.2 Å². The summed E-state index contributed by atoms with van der Waals surface area (Å²) >= 11 is 0. The molecule has 0 fully saturated rings. The lowest BCUT2D eigenvalue weighted by Crippen LogP contribution is -2.22. The minimum atomic E-state index is -0.869. The lowest BCUT2D eigenvalue weighted by atomic mass is 10.1. The molecule has 0 aromatic heterocycles. The van der Waals surface area contributed by atoms with Gasteiger partial charge in [-0.1, -0.05) is 0 Å². The zero-order valence-corrected chi connectivity index (χ0v) is 7.40. The second-order valence-electron chi connectivity index (χ2n) is 3.19. The fourth-order valence-corrected chi connectivity index (χ4v) is 1.54. The van der Waals surface area contributed by atoms with Crippen molar-refractivity contribution in [3.63, 3.8) is 0 Å². The van der Waals surface area contributed by atoms with Crippen LogP contribution in [0.4, 0.5) is 0 Å². The molecule has 0 unspecified atom stereocenters. The molecule has 0 atom stereocenters. The lowest BCUT2D eigenvalue weighted by molar-refractivity contribution is -0.135. The molecule has 4 heteroatoms. The van der Waals surface area contributed by atoms with E-state index in [1.165, 1.54) is 0 Å². The number of phenolic OH excluding ortho intramolecular Hbond substituents is 1. The minimum Gasteiger partial charge on any atom is -0.508 e. The molecule has 1 aromatic carbocycles. The number of carboxylic acids is 1. The van der Waals surface area contributed by atoms with Crippen LogP contribution in [0.5, 0.6) is 5.75 Å². The third kappa shape index (κ3) is 1.46. The molecule has 0 spiro atoms. The molecule has 0 bridgehead atoms. The number of rotatable bonds is 2.